The highest BCUT2D eigenvalue weighted by molar-refractivity contribution is 6.01. The predicted molar refractivity (Wildman–Crippen MR) is 126 cm³/mol. The van der Waals surface area contributed by atoms with E-state index in [1.54, 1.807) is 0 Å². The van der Waals surface area contributed by atoms with Gasteiger partial charge in [-0.3, -0.25) is 14.5 Å². The van der Waals surface area contributed by atoms with Crippen molar-refractivity contribution in [1.82, 2.24) is 9.80 Å². The lowest BCUT2D eigenvalue weighted by atomic mass is 9.95. The minimum Gasteiger partial charge on any atom is -0.334 e. The average molecular weight is 435 g/mol. The van der Waals surface area contributed by atoms with Crippen LogP contribution in [0.25, 0.3) is 10.8 Å². The van der Waals surface area contributed by atoms with Gasteiger partial charge in [0.2, 0.25) is 0 Å². The third kappa shape index (κ3) is 4.51. The number of hydrogen-bond donors (Lipinski definition) is 0. The maximum atomic E-state index is 12.8. The standard InChI is InChI=1S/C26H26N2O2.ClH/c29-25(22-10-9-20-5-1-2-6-21(20)15-22)18-27-13-11-19(12-14-27)16-28-17-23-7-3-4-8-24(23)26(28)30;/h1-10,15,19H,11-14,16-18H2;1H. The first kappa shape index (κ1) is 21.5. The molecule has 2 aliphatic heterocycles. The molecule has 0 radical (unpaired) electrons. The number of fused-ring (bicyclic) bond motifs is 2. The van der Waals surface area contributed by atoms with Crippen LogP contribution in [-0.2, 0) is 6.54 Å². The first-order chi connectivity index (χ1) is 14.7. The Kier molecular flexibility index (Phi) is 6.40. The summed E-state index contributed by atoms with van der Waals surface area (Å²) in [6.07, 6.45) is 2.07. The van der Waals surface area contributed by atoms with Crippen molar-refractivity contribution in [2.75, 3.05) is 26.2 Å². The number of ketones is 1. The van der Waals surface area contributed by atoms with Gasteiger partial charge in [0.15, 0.2) is 5.78 Å². The normalized spacial score (nSPS) is 16.9. The fourth-order valence-electron chi connectivity index (χ4n) is 4.76. The van der Waals surface area contributed by atoms with Gasteiger partial charge < -0.3 is 4.90 Å². The van der Waals surface area contributed by atoms with E-state index in [2.05, 4.69) is 17.0 Å². The number of hydrogen-bond acceptors (Lipinski definition) is 3. The van der Waals surface area contributed by atoms with Gasteiger partial charge in [0.25, 0.3) is 5.91 Å². The maximum Gasteiger partial charge on any atom is 0.254 e. The number of carbonyl (C=O) groups is 2. The Hall–Kier alpha value is -2.69. The summed E-state index contributed by atoms with van der Waals surface area (Å²) >= 11 is 0. The smallest absolute Gasteiger partial charge is 0.254 e. The molecule has 0 saturated carbocycles. The van der Waals surface area contributed by atoms with Crippen LogP contribution in [0.3, 0.4) is 0 Å². The van der Waals surface area contributed by atoms with Crippen LogP contribution < -0.4 is 0 Å². The first-order valence-corrected chi connectivity index (χ1v) is 10.8. The van der Waals surface area contributed by atoms with Crippen LogP contribution >= 0.6 is 12.4 Å². The van der Waals surface area contributed by atoms with Crippen molar-refractivity contribution >= 4 is 34.9 Å². The predicted octanol–water partition coefficient (Wildman–Crippen LogP) is 4.81. The molecule has 0 spiro atoms. The average Bonchev–Trinajstić information content (AvgIpc) is 3.10. The topological polar surface area (TPSA) is 40.6 Å². The van der Waals surface area contributed by atoms with Crippen LogP contribution in [0.2, 0.25) is 0 Å². The largest absolute Gasteiger partial charge is 0.334 e. The number of likely N-dealkylation sites (tertiary alicyclic amines) is 1. The molecule has 5 rings (SSSR count). The molecule has 1 saturated heterocycles. The quantitative estimate of drug-likeness (QED) is 0.541. The molecule has 0 N–H and O–H groups in total. The van der Waals surface area contributed by atoms with E-state index in [9.17, 15) is 9.59 Å². The van der Waals surface area contributed by atoms with E-state index in [-0.39, 0.29) is 24.1 Å². The van der Waals surface area contributed by atoms with Crippen molar-refractivity contribution in [3.8, 4) is 0 Å². The molecule has 5 heteroatoms. The molecule has 0 unspecified atom stereocenters. The Morgan fingerprint density at radius 2 is 1.61 bits per heavy atom. The summed E-state index contributed by atoms with van der Waals surface area (Å²) in [6, 6.07) is 22.0. The highest BCUT2D eigenvalue weighted by Gasteiger charge is 2.30. The van der Waals surface area contributed by atoms with E-state index in [0.717, 1.165) is 66.5 Å². The van der Waals surface area contributed by atoms with Crippen molar-refractivity contribution in [2.45, 2.75) is 19.4 Å². The fraction of sp³-hybridized carbons (Fsp3) is 0.308. The molecule has 3 aromatic carbocycles. The van der Waals surface area contributed by atoms with E-state index in [0.29, 0.717) is 12.5 Å². The maximum absolute atomic E-state index is 12.8. The number of benzene rings is 3. The number of piperidine rings is 1. The highest BCUT2D eigenvalue weighted by atomic mass is 35.5. The third-order valence-electron chi connectivity index (χ3n) is 6.52. The minimum atomic E-state index is 0. The lowest BCUT2D eigenvalue weighted by Gasteiger charge is -2.33. The summed E-state index contributed by atoms with van der Waals surface area (Å²) < 4.78 is 0. The van der Waals surface area contributed by atoms with Gasteiger partial charge in [-0.2, -0.15) is 0 Å². The molecule has 2 heterocycles. The summed E-state index contributed by atoms with van der Waals surface area (Å²) in [6.45, 7) is 3.85. The Balaban J connectivity index is 0.00000231. The van der Waals surface area contributed by atoms with Crippen LogP contribution in [0.5, 0.6) is 0 Å². The van der Waals surface area contributed by atoms with Crippen LogP contribution in [0.4, 0.5) is 0 Å². The summed E-state index contributed by atoms with van der Waals surface area (Å²) in [5.41, 5.74) is 2.79. The zero-order valence-electron chi connectivity index (χ0n) is 17.5. The highest BCUT2D eigenvalue weighted by Crippen LogP contribution is 2.26. The van der Waals surface area contributed by atoms with Crippen LogP contribution in [0, 0.1) is 5.92 Å². The van der Waals surface area contributed by atoms with Crippen molar-refractivity contribution in [2.24, 2.45) is 5.92 Å². The molecular formula is C26H27ClN2O2. The Morgan fingerprint density at radius 1 is 0.903 bits per heavy atom. The molecule has 1 amide bonds. The summed E-state index contributed by atoms with van der Waals surface area (Å²) in [7, 11) is 0. The van der Waals surface area contributed by atoms with E-state index in [4.69, 9.17) is 0 Å². The number of rotatable bonds is 5. The van der Waals surface area contributed by atoms with Gasteiger partial charge in [0.1, 0.15) is 0 Å². The molecule has 2 aliphatic rings. The fourth-order valence-corrected chi connectivity index (χ4v) is 4.76. The van der Waals surface area contributed by atoms with Gasteiger partial charge >= 0.3 is 0 Å². The Bertz CT molecular complexity index is 1110. The van der Waals surface area contributed by atoms with Gasteiger partial charge in [-0.15, -0.1) is 12.4 Å². The number of nitrogens with zero attached hydrogens (tertiary/aromatic N) is 2. The first-order valence-electron chi connectivity index (χ1n) is 10.8. The minimum absolute atomic E-state index is 0. The van der Waals surface area contributed by atoms with Crippen molar-refractivity contribution in [1.29, 1.82) is 0 Å². The molecule has 4 nitrogen and oxygen atoms in total. The number of carbonyl (C=O) groups excluding carboxylic acids is 2. The molecule has 1 fully saturated rings. The molecular weight excluding hydrogens is 408 g/mol. The molecule has 3 aromatic rings. The van der Waals surface area contributed by atoms with Crippen molar-refractivity contribution < 1.29 is 9.59 Å². The summed E-state index contributed by atoms with van der Waals surface area (Å²) in [4.78, 5) is 29.6. The Morgan fingerprint density at radius 3 is 2.39 bits per heavy atom. The van der Waals surface area contributed by atoms with E-state index in [1.807, 2.05) is 59.5 Å². The molecule has 0 atom stereocenters. The van der Waals surface area contributed by atoms with Gasteiger partial charge in [0, 0.05) is 24.2 Å². The SMILES string of the molecule is Cl.O=C(CN1CCC(CN2Cc3ccccc3C2=O)CC1)c1ccc2ccccc2c1. The molecule has 0 aromatic heterocycles. The Labute approximate surface area is 189 Å². The number of amides is 1. The molecule has 160 valence electrons. The second-order valence-electron chi connectivity index (χ2n) is 8.55. The zero-order valence-corrected chi connectivity index (χ0v) is 18.3. The molecule has 0 bridgehead atoms. The molecule has 0 aliphatic carbocycles. The lowest BCUT2D eigenvalue weighted by molar-refractivity contribution is 0.0707. The van der Waals surface area contributed by atoms with Gasteiger partial charge in [0.05, 0.1) is 6.54 Å². The lowest BCUT2D eigenvalue weighted by Crippen LogP contribution is -2.40. The number of Topliss-reactive ketones (excluding diaryl/α,β-unsaturated/α-hetero) is 1. The summed E-state index contributed by atoms with van der Waals surface area (Å²) in [5, 5.41) is 2.27. The van der Waals surface area contributed by atoms with Crippen LogP contribution in [-0.4, -0.2) is 47.7 Å². The van der Waals surface area contributed by atoms with E-state index in [1.165, 1.54) is 0 Å². The second-order valence-corrected chi connectivity index (χ2v) is 8.55. The van der Waals surface area contributed by atoms with Crippen molar-refractivity contribution in [3.05, 3.63) is 83.4 Å². The van der Waals surface area contributed by atoms with E-state index >= 15 is 0 Å². The monoisotopic (exact) mass is 434 g/mol. The van der Waals surface area contributed by atoms with E-state index < -0.39 is 0 Å². The van der Waals surface area contributed by atoms with Crippen LogP contribution in [0.15, 0.2) is 66.7 Å². The number of halogens is 1. The van der Waals surface area contributed by atoms with Gasteiger partial charge in [-0.05, 0) is 60.3 Å². The summed E-state index contributed by atoms with van der Waals surface area (Å²) in [5.74, 6) is 0.860. The zero-order chi connectivity index (χ0) is 20.5. The third-order valence-corrected chi connectivity index (χ3v) is 6.52. The van der Waals surface area contributed by atoms with Gasteiger partial charge in [-0.25, -0.2) is 0 Å². The molecule has 31 heavy (non-hydrogen) atoms. The van der Waals surface area contributed by atoms with Crippen molar-refractivity contribution in [3.63, 3.8) is 0 Å². The van der Waals surface area contributed by atoms with Gasteiger partial charge in [-0.1, -0.05) is 54.6 Å². The van der Waals surface area contributed by atoms with Crippen LogP contribution in [0.1, 0.15) is 39.1 Å². The second kappa shape index (κ2) is 9.21.